The molecular formula is C50H33N3O. The molecule has 4 heteroatoms. The standard InChI is InChI=1S/C50H33N3O/c1-50(2)42-19-8-7-16-38(42)39-26-25-35(28-43(39)50)48-51-47(52-49(53-48)40-18-9-14-30-11-5-6-15-36(30)40)32-23-21-31(22-24-32)37-17-10-20-44-46(37)41-27-33-12-3-4-13-34(33)29-45(41)54-44/h3-29H,1-2H3. The summed E-state index contributed by atoms with van der Waals surface area (Å²) in [7, 11) is 0. The molecule has 0 unspecified atom stereocenters. The van der Waals surface area contributed by atoms with E-state index in [1.807, 2.05) is 0 Å². The summed E-state index contributed by atoms with van der Waals surface area (Å²) in [6, 6.07) is 57.8. The minimum atomic E-state index is -0.137. The van der Waals surface area contributed by atoms with Crippen LogP contribution in [0.3, 0.4) is 0 Å². The van der Waals surface area contributed by atoms with E-state index in [-0.39, 0.29) is 5.41 Å². The maximum Gasteiger partial charge on any atom is 0.164 e. The summed E-state index contributed by atoms with van der Waals surface area (Å²) in [4.78, 5) is 15.5. The second-order valence-electron chi connectivity index (χ2n) is 14.8. The molecular weight excluding hydrogens is 659 g/mol. The van der Waals surface area contributed by atoms with Gasteiger partial charge in [-0.3, -0.25) is 0 Å². The normalized spacial score (nSPS) is 13.1. The highest BCUT2D eigenvalue weighted by Crippen LogP contribution is 2.49. The molecule has 0 N–H and O–H groups in total. The Hall–Kier alpha value is -6.91. The van der Waals surface area contributed by atoms with Gasteiger partial charge in [0, 0.05) is 32.9 Å². The summed E-state index contributed by atoms with van der Waals surface area (Å²) in [5, 5.41) is 6.86. The fraction of sp³-hybridized carbons (Fsp3) is 0.0600. The molecule has 254 valence electrons. The molecule has 2 aromatic heterocycles. The average Bonchev–Trinajstić information content (AvgIpc) is 3.70. The zero-order chi connectivity index (χ0) is 36.0. The van der Waals surface area contributed by atoms with Gasteiger partial charge in [-0.05, 0) is 79.2 Å². The lowest BCUT2D eigenvalue weighted by Crippen LogP contribution is -2.15. The molecule has 1 aliphatic carbocycles. The Kier molecular flexibility index (Phi) is 6.56. The summed E-state index contributed by atoms with van der Waals surface area (Å²) in [6.45, 7) is 4.61. The quantitative estimate of drug-likeness (QED) is 0.184. The Morgan fingerprint density at radius 3 is 1.83 bits per heavy atom. The lowest BCUT2D eigenvalue weighted by atomic mass is 9.82. The van der Waals surface area contributed by atoms with Crippen molar-refractivity contribution in [2.75, 3.05) is 0 Å². The predicted octanol–water partition coefficient (Wildman–Crippen LogP) is 13.1. The molecule has 0 radical (unpaired) electrons. The van der Waals surface area contributed by atoms with E-state index < -0.39 is 0 Å². The number of aromatic nitrogens is 3. The van der Waals surface area contributed by atoms with E-state index in [2.05, 4.69) is 178 Å². The van der Waals surface area contributed by atoms with Crippen molar-refractivity contribution in [2.24, 2.45) is 0 Å². The third-order valence-corrected chi connectivity index (χ3v) is 11.3. The Morgan fingerprint density at radius 1 is 0.389 bits per heavy atom. The van der Waals surface area contributed by atoms with E-state index in [0.29, 0.717) is 17.5 Å². The molecule has 0 aliphatic heterocycles. The van der Waals surface area contributed by atoms with Crippen LogP contribution < -0.4 is 0 Å². The summed E-state index contributed by atoms with van der Waals surface area (Å²) in [6.07, 6.45) is 0. The second-order valence-corrected chi connectivity index (χ2v) is 14.8. The maximum absolute atomic E-state index is 6.39. The first-order valence-corrected chi connectivity index (χ1v) is 18.4. The highest BCUT2D eigenvalue weighted by atomic mass is 16.3. The first-order valence-electron chi connectivity index (χ1n) is 18.4. The summed E-state index contributed by atoms with van der Waals surface area (Å²) >= 11 is 0. The van der Waals surface area contributed by atoms with Crippen LogP contribution in [-0.4, -0.2) is 15.0 Å². The highest BCUT2D eigenvalue weighted by Gasteiger charge is 2.35. The predicted molar refractivity (Wildman–Crippen MR) is 221 cm³/mol. The largest absolute Gasteiger partial charge is 0.456 e. The Labute approximate surface area is 312 Å². The van der Waals surface area contributed by atoms with E-state index >= 15 is 0 Å². The zero-order valence-corrected chi connectivity index (χ0v) is 29.8. The van der Waals surface area contributed by atoms with Crippen molar-refractivity contribution in [3.63, 3.8) is 0 Å². The van der Waals surface area contributed by atoms with Crippen LogP contribution in [0.5, 0.6) is 0 Å². The van der Waals surface area contributed by atoms with Crippen LogP contribution in [0.4, 0.5) is 0 Å². The molecule has 8 aromatic carbocycles. The Morgan fingerprint density at radius 2 is 0.981 bits per heavy atom. The molecule has 0 saturated heterocycles. The van der Waals surface area contributed by atoms with Crippen LogP contribution in [0.1, 0.15) is 25.0 Å². The van der Waals surface area contributed by atoms with Gasteiger partial charge in [0.15, 0.2) is 17.5 Å². The van der Waals surface area contributed by atoms with E-state index in [1.165, 1.54) is 33.0 Å². The van der Waals surface area contributed by atoms with Crippen molar-refractivity contribution < 1.29 is 4.42 Å². The van der Waals surface area contributed by atoms with Crippen LogP contribution in [0.15, 0.2) is 168 Å². The minimum absolute atomic E-state index is 0.137. The van der Waals surface area contributed by atoms with Crippen molar-refractivity contribution in [3.05, 3.63) is 175 Å². The van der Waals surface area contributed by atoms with Gasteiger partial charge in [-0.1, -0.05) is 153 Å². The summed E-state index contributed by atoms with van der Waals surface area (Å²) in [5.74, 6) is 1.94. The molecule has 0 saturated carbocycles. The Bertz CT molecular complexity index is 3130. The van der Waals surface area contributed by atoms with Crippen molar-refractivity contribution in [3.8, 4) is 56.4 Å². The molecule has 0 fully saturated rings. The first kappa shape index (κ1) is 30.7. The van der Waals surface area contributed by atoms with Crippen LogP contribution in [0, 0.1) is 0 Å². The van der Waals surface area contributed by atoms with E-state index in [9.17, 15) is 0 Å². The maximum atomic E-state index is 6.39. The van der Waals surface area contributed by atoms with Crippen LogP contribution >= 0.6 is 0 Å². The number of fused-ring (bicyclic) bond motifs is 8. The smallest absolute Gasteiger partial charge is 0.164 e. The van der Waals surface area contributed by atoms with E-state index in [4.69, 9.17) is 19.4 Å². The van der Waals surface area contributed by atoms with Crippen molar-refractivity contribution in [1.29, 1.82) is 0 Å². The monoisotopic (exact) mass is 691 g/mol. The number of furan rings is 1. The van der Waals surface area contributed by atoms with Gasteiger partial charge in [-0.15, -0.1) is 0 Å². The molecule has 10 aromatic rings. The molecule has 54 heavy (non-hydrogen) atoms. The van der Waals surface area contributed by atoms with Gasteiger partial charge in [-0.25, -0.2) is 15.0 Å². The number of benzene rings is 8. The van der Waals surface area contributed by atoms with E-state index in [0.717, 1.165) is 60.5 Å². The number of nitrogens with zero attached hydrogens (tertiary/aromatic N) is 3. The molecule has 11 rings (SSSR count). The average molecular weight is 692 g/mol. The van der Waals surface area contributed by atoms with Crippen molar-refractivity contribution in [1.82, 2.24) is 15.0 Å². The third-order valence-electron chi connectivity index (χ3n) is 11.3. The van der Waals surface area contributed by atoms with Gasteiger partial charge < -0.3 is 4.42 Å². The zero-order valence-electron chi connectivity index (χ0n) is 29.8. The molecule has 0 spiro atoms. The summed E-state index contributed by atoms with van der Waals surface area (Å²) < 4.78 is 6.39. The fourth-order valence-electron chi connectivity index (χ4n) is 8.57. The Balaban J connectivity index is 1.06. The number of hydrogen-bond acceptors (Lipinski definition) is 4. The molecule has 2 heterocycles. The molecule has 0 bridgehead atoms. The lowest BCUT2D eigenvalue weighted by molar-refractivity contribution is 0.660. The highest BCUT2D eigenvalue weighted by molar-refractivity contribution is 6.15. The minimum Gasteiger partial charge on any atom is -0.456 e. The number of hydrogen-bond donors (Lipinski definition) is 0. The topological polar surface area (TPSA) is 51.8 Å². The first-order chi connectivity index (χ1) is 26.5. The third kappa shape index (κ3) is 4.66. The summed E-state index contributed by atoms with van der Waals surface area (Å²) in [5.41, 5.74) is 11.9. The van der Waals surface area contributed by atoms with Crippen LogP contribution in [0.2, 0.25) is 0 Å². The SMILES string of the molecule is CC1(C)c2ccccc2-c2ccc(-c3nc(-c4ccc(-c5cccc6oc7cc8ccccc8cc7c56)cc4)nc(-c4cccc5ccccc45)n3)cc21. The van der Waals surface area contributed by atoms with Crippen LogP contribution in [0.25, 0.3) is 99.9 Å². The van der Waals surface area contributed by atoms with Crippen molar-refractivity contribution >= 4 is 43.5 Å². The van der Waals surface area contributed by atoms with Gasteiger partial charge in [0.1, 0.15) is 11.2 Å². The molecule has 4 nitrogen and oxygen atoms in total. The van der Waals surface area contributed by atoms with Crippen LogP contribution in [-0.2, 0) is 5.41 Å². The van der Waals surface area contributed by atoms with Gasteiger partial charge >= 0.3 is 0 Å². The van der Waals surface area contributed by atoms with Crippen molar-refractivity contribution in [2.45, 2.75) is 19.3 Å². The fourth-order valence-corrected chi connectivity index (χ4v) is 8.57. The van der Waals surface area contributed by atoms with Gasteiger partial charge in [0.2, 0.25) is 0 Å². The van der Waals surface area contributed by atoms with Gasteiger partial charge in [0.05, 0.1) is 0 Å². The van der Waals surface area contributed by atoms with Gasteiger partial charge in [0.25, 0.3) is 0 Å². The van der Waals surface area contributed by atoms with E-state index in [1.54, 1.807) is 0 Å². The van der Waals surface area contributed by atoms with Gasteiger partial charge in [-0.2, -0.15) is 0 Å². The molecule has 0 atom stereocenters. The molecule has 0 amide bonds. The molecule has 1 aliphatic rings. The second kappa shape index (κ2) is 11.5. The lowest BCUT2D eigenvalue weighted by Gasteiger charge is -2.21. The number of rotatable bonds is 4.